The van der Waals surface area contributed by atoms with Crippen LogP contribution in [0.5, 0.6) is 5.75 Å². The lowest BCUT2D eigenvalue weighted by atomic mass is 10.0. The predicted octanol–water partition coefficient (Wildman–Crippen LogP) is 5.28. The number of aromatic amines is 1. The molecule has 0 aliphatic carbocycles. The molecule has 7 nitrogen and oxygen atoms in total. The van der Waals surface area contributed by atoms with Crippen LogP contribution in [-0.4, -0.2) is 37.0 Å². The van der Waals surface area contributed by atoms with Crippen LogP contribution in [0.1, 0.15) is 28.8 Å². The third kappa shape index (κ3) is 4.97. The minimum atomic E-state index is -4.04. The zero-order valence-corrected chi connectivity index (χ0v) is 20.6. The zero-order valence-electron chi connectivity index (χ0n) is 19.8. The van der Waals surface area contributed by atoms with E-state index in [4.69, 9.17) is 4.74 Å². The molecular weight excluding hydrogens is 500 g/mol. The Hall–Kier alpha value is -4.05. The van der Waals surface area contributed by atoms with Crippen molar-refractivity contribution >= 4 is 21.5 Å². The Labute approximate surface area is 212 Å². The molecule has 5 rings (SSSR count). The third-order valence-electron chi connectivity index (χ3n) is 6.22. The summed E-state index contributed by atoms with van der Waals surface area (Å²) >= 11 is 0. The molecule has 3 aromatic carbocycles. The quantitative estimate of drug-likeness (QED) is 0.333. The van der Waals surface area contributed by atoms with Crippen molar-refractivity contribution in [3.63, 3.8) is 0 Å². The summed E-state index contributed by atoms with van der Waals surface area (Å²) in [5, 5.41) is 6.38. The molecule has 1 atom stereocenters. The Kier molecular flexibility index (Phi) is 6.51. The number of rotatable bonds is 7. The Morgan fingerprint density at radius 1 is 1.14 bits per heavy atom. The molecule has 0 fully saturated rings. The second-order valence-corrected chi connectivity index (χ2v) is 10.7. The Morgan fingerprint density at radius 2 is 1.97 bits per heavy atom. The van der Waals surface area contributed by atoms with Gasteiger partial charge in [-0.05, 0) is 66.9 Å². The van der Waals surface area contributed by atoms with E-state index in [2.05, 4.69) is 10.2 Å². The number of benzene rings is 3. The van der Waals surface area contributed by atoms with Gasteiger partial charge in [0.15, 0.2) is 5.78 Å². The van der Waals surface area contributed by atoms with Crippen molar-refractivity contribution in [3.05, 3.63) is 95.8 Å². The number of ether oxygens (including phenoxy) is 1. The number of carbonyl (C=O) groups excluding carboxylic acids is 1. The molecule has 0 bridgehead atoms. The number of Topliss-reactive ketones (excluding diaryl/α,β-unsaturated/α-hetero) is 1. The first-order valence-electron chi connectivity index (χ1n) is 11.6. The number of ketones is 1. The van der Waals surface area contributed by atoms with Gasteiger partial charge in [-0.25, -0.2) is 17.2 Å². The van der Waals surface area contributed by atoms with E-state index >= 15 is 0 Å². The lowest BCUT2D eigenvalue weighted by molar-refractivity contribution is 0.0953. The van der Waals surface area contributed by atoms with Crippen molar-refractivity contribution < 1.29 is 26.7 Å². The number of aromatic nitrogens is 2. The Morgan fingerprint density at radius 3 is 2.73 bits per heavy atom. The molecule has 2 heterocycles. The molecule has 0 saturated carbocycles. The number of sulfonamides is 1. The van der Waals surface area contributed by atoms with E-state index in [1.165, 1.54) is 34.9 Å². The van der Waals surface area contributed by atoms with Crippen LogP contribution in [0.3, 0.4) is 0 Å². The van der Waals surface area contributed by atoms with Gasteiger partial charge in [-0.1, -0.05) is 18.2 Å². The first-order valence-corrected chi connectivity index (χ1v) is 13.0. The fourth-order valence-electron chi connectivity index (χ4n) is 4.32. The molecule has 1 aliphatic heterocycles. The molecule has 10 heteroatoms. The van der Waals surface area contributed by atoms with Gasteiger partial charge < -0.3 is 4.74 Å². The summed E-state index contributed by atoms with van der Waals surface area (Å²) in [6.45, 7) is 1.73. The van der Waals surface area contributed by atoms with Crippen molar-refractivity contribution in [3.8, 4) is 16.9 Å². The summed E-state index contributed by atoms with van der Waals surface area (Å²) in [7, 11) is -4.04. The van der Waals surface area contributed by atoms with Crippen LogP contribution in [0.15, 0.2) is 78.0 Å². The van der Waals surface area contributed by atoms with Crippen LogP contribution in [0, 0.1) is 18.6 Å². The number of fused-ring (bicyclic) bond motifs is 1. The van der Waals surface area contributed by atoms with E-state index in [0.29, 0.717) is 11.1 Å². The second kappa shape index (κ2) is 9.78. The average molecular weight is 524 g/mol. The number of halogens is 2. The number of anilines is 1. The molecular formula is C27H23F2N3O4S. The second-order valence-electron chi connectivity index (χ2n) is 8.85. The van der Waals surface area contributed by atoms with Crippen LogP contribution in [-0.2, 0) is 10.0 Å². The lowest BCUT2D eigenvalue weighted by Crippen LogP contribution is -2.43. The van der Waals surface area contributed by atoms with Crippen molar-refractivity contribution in [2.75, 3.05) is 10.8 Å². The van der Waals surface area contributed by atoms with Gasteiger partial charge in [-0.2, -0.15) is 5.10 Å². The van der Waals surface area contributed by atoms with Gasteiger partial charge in [0.1, 0.15) is 23.5 Å². The molecule has 1 N–H and O–H groups in total. The maximum Gasteiger partial charge on any atom is 0.264 e. The fourth-order valence-corrected chi connectivity index (χ4v) is 5.92. The van der Waals surface area contributed by atoms with Gasteiger partial charge in [0.05, 0.1) is 28.9 Å². The lowest BCUT2D eigenvalue weighted by Gasteiger charge is -2.36. The SMILES string of the molecule is Cc1cccc(S(=O)(=O)N2C[C@H](CCC(=O)c3cn[nH]c3)Oc3ccc(-c4cc(F)ccc4F)cc32)c1. The predicted molar refractivity (Wildman–Crippen MR) is 134 cm³/mol. The number of H-pyrrole nitrogens is 1. The van der Waals surface area contributed by atoms with E-state index in [0.717, 1.165) is 23.8 Å². The number of hydrogen-bond donors (Lipinski definition) is 1. The molecule has 0 radical (unpaired) electrons. The molecule has 37 heavy (non-hydrogen) atoms. The molecule has 4 aromatic rings. The number of carbonyl (C=O) groups is 1. The van der Waals surface area contributed by atoms with Crippen molar-refractivity contribution in [2.24, 2.45) is 0 Å². The molecule has 1 aliphatic rings. The summed E-state index contributed by atoms with van der Waals surface area (Å²) in [6.07, 6.45) is 2.72. The minimum Gasteiger partial charge on any atom is -0.486 e. The molecule has 0 saturated heterocycles. The monoisotopic (exact) mass is 523 g/mol. The molecule has 190 valence electrons. The van der Waals surface area contributed by atoms with Gasteiger partial charge >= 0.3 is 0 Å². The van der Waals surface area contributed by atoms with Crippen LogP contribution >= 0.6 is 0 Å². The number of nitrogens with one attached hydrogen (secondary N) is 1. The molecule has 0 spiro atoms. The van der Waals surface area contributed by atoms with Gasteiger partial charge in [-0.3, -0.25) is 14.2 Å². The highest BCUT2D eigenvalue weighted by Gasteiger charge is 2.35. The molecule has 1 aromatic heterocycles. The number of nitrogens with zero attached hydrogens (tertiary/aromatic N) is 2. The first-order chi connectivity index (χ1) is 17.7. The zero-order chi connectivity index (χ0) is 26.2. The van der Waals surface area contributed by atoms with Gasteiger partial charge in [0.25, 0.3) is 10.0 Å². The fraction of sp³-hybridized carbons (Fsp3) is 0.185. The minimum absolute atomic E-state index is 0.00327. The first kappa shape index (κ1) is 24.6. The standard InChI is InChI=1S/C27H23F2N3O4S/c1-17-3-2-4-22(11-17)37(34,35)32-16-21(7-9-26(33)19-14-30-31-15-19)36-27-10-5-18(12-25(27)32)23-13-20(28)6-8-24(23)29/h2-6,8,10-15,21H,7,9,16H2,1H3,(H,30,31)/t21-/m0/s1. The van der Waals surface area contributed by atoms with Crippen LogP contribution < -0.4 is 9.04 Å². The average Bonchev–Trinajstić information content (AvgIpc) is 3.43. The van der Waals surface area contributed by atoms with E-state index in [1.807, 2.05) is 0 Å². The normalized spacial score (nSPS) is 15.2. The maximum atomic E-state index is 14.5. The molecule has 0 amide bonds. The highest BCUT2D eigenvalue weighted by Crippen LogP contribution is 2.41. The number of aryl methyl sites for hydroxylation is 1. The highest BCUT2D eigenvalue weighted by atomic mass is 32.2. The van der Waals surface area contributed by atoms with Crippen molar-refractivity contribution in [1.82, 2.24) is 10.2 Å². The number of hydrogen-bond acceptors (Lipinski definition) is 5. The van der Waals surface area contributed by atoms with Gasteiger partial charge in [0.2, 0.25) is 0 Å². The summed E-state index contributed by atoms with van der Waals surface area (Å²) in [6, 6.07) is 14.2. The molecule has 0 unspecified atom stereocenters. The summed E-state index contributed by atoms with van der Waals surface area (Å²) in [5.74, 6) is -1.13. The van der Waals surface area contributed by atoms with Crippen molar-refractivity contribution in [1.29, 1.82) is 0 Å². The van der Waals surface area contributed by atoms with Crippen LogP contribution in [0.25, 0.3) is 11.1 Å². The summed E-state index contributed by atoms with van der Waals surface area (Å²) < 4.78 is 63.3. The van der Waals surface area contributed by atoms with Crippen molar-refractivity contribution in [2.45, 2.75) is 30.8 Å². The van der Waals surface area contributed by atoms with Gasteiger partial charge in [-0.15, -0.1) is 0 Å². The smallest absolute Gasteiger partial charge is 0.264 e. The van der Waals surface area contributed by atoms with Crippen LogP contribution in [0.2, 0.25) is 0 Å². The largest absolute Gasteiger partial charge is 0.486 e. The highest BCUT2D eigenvalue weighted by molar-refractivity contribution is 7.92. The Bertz CT molecular complexity index is 1570. The van der Waals surface area contributed by atoms with Crippen LogP contribution in [0.4, 0.5) is 14.5 Å². The van der Waals surface area contributed by atoms with E-state index in [-0.39, 0.29) is 47.1 Å². The topological polar surface area (TPSA) is 92.4 Å². The third-order valence-corrected chi connectivity index (χ3v) is 8.00. The maximum absolute atomic E-state index is 14.5. The van der Waals surface area contributed by atoms with E-state index in [9.17, 15) is 22.0 Å². The Balaban J connectivity index is 1.53. The summed E-state index contributed by atoms with van der Waals surface area (Å²) in [5.41, 5.74) is 1.72. The van der Waals surface area contributed by atoms with E-state index < -0.39 is 27.8 Å². The summed E-state index contributed by atoms with van der Waals surface area (Å²) in [4.78, 5) is 12.6. The van der Waals surface area contributed by atoms with Gasteiger partial charge in [0, 0.05) is 18.2 Å². The van der Waals surface area contributed by atoms with E-state index in [1.54, 1.807) is 31.2 Å².